The predicted octanol–water partition coefficient (Wildman–Crippen LogP) is 3.72. The van der Waals surface area contributed by atoms with Crippen molar-refractivity contribution in [3.63, 3.8) is 0 Å². The van der Waals surface area contributed by atoms with Crippen LogP contribution in [0.5, 0.6) is 0 Å². The van der Waals surface area contributed by atoms with Gasteiger partial charge in [0.15, 0.2) is 0 Å². The van der Waals surface area contributed by atoms with Crippen molar-refractivity contribution in [2.24, 2.45) is 5.73 Å². The van der Waals surface area contributed by atoms with E-state index in [1.165, 1.54) is 0 Å². The number of aryl methyl sites for hydroxylation is 2. The SMILES string of the molecule is Cc1cc(C)cc(C(=O)N[C@H](C(N)=O)C(c2ccccc2)c2ccccc2)c1. The molecule has 0 heterocycles. The van der Waals surface area contributed by atoms with Gasteiger partial charge >= 0.3 is 0 Å². The summed E-state index contributed by atoms with van der Waals surface area (Å²) in [5.41, 5.74) is 10.1. The van der Waals surface area contributed by atoms with E-state index in [2.05, 4.69) is 5.32 Å². The van der Waals surface area contributed by atoms with Crippen molar-refractivity contribution in [2.75, 3.05) is 0 Å². The fourth-order valence-electron chi connectivity index (χ4n) is 3.55. The number of hydrogen-bond donors (Lipinski definition) is 2. The van der Waals surface area contributed by atoms with Gasteiger partial charge in [-0.3, -0.25) is 9.59 Å². The molecular formula is C24H24N2O2. The maximum Gasteiger partial charge on any atom is 0.251 e. The number of nitrogens with two attached hydrogens (primary N) is 1. The Labute approximate surface area is 165 Å². The molecule has 2 amide bonds. The van der Waals surface area contributed by atoms with Gasteiger partial charge in [0.2, 0.25) is 5.91 Å². The maximum absolute atomic E-state index is 12.9. The highest BCUT2D eigenvalue weighted by molar-refractivity contribution is 5.98. The maximum atomic E-state index is 12.9. The Morgan fingerprint density at radius 3 is 1.68 bits per heavy atom. The number of hydrogen-bond acceptors (Lipinski definition) is 2. The smallest absolute Gasteiger partial charge is 0.251 e. The molecule has 0 bridgehead atoms. The Bertz CT molecular complexity index is 909. The van der Waals surface area contributed by atoms with E-state index in [4.69, 9.17) is 5.73 Å². The number of nitrogens with one attached hydrogen (secondary N) is 1. The Balaban J connectivity index is 2.00. The zero-order valence-corrected chi connectivity index (χ0v) is 16.1. The van der Waals surface area contributed by atoms with Crippen LogP contribution in [0.15, 0.2) is 78.9 Å². The molecule has 0 saturated heterocycles. The molecule has 0 aromatic heterocycles. The van der Waals surface area contributed by atoms with Crippen molar-refractivity contribution in [2.45, 2.75) is 25.8 Å². The first kappa shape index (κ1) is 19.4. The summed E-state index contributed by atoms with van der Waals surface area (Å²) in [6, 6.07) is 24.0. The van der Waals surface area contributed by atoms with E-state index in [1.54, 1.807) is 12.1 Å². The van der Waals surface area contributed by atoms with Gasteiger partial charge in [0.1, 0.15) is 6.04 Å². The van der Waals surface area contributed by atoms with Crippen molar-refractivity contribution < 1.29 is 9.59 Å². The molecule has 4 heteroatoms. The zero-order chi connectivity index (χ0) is 20.1. The van der Waals surface area contributed by atoms with E-state index in [9.17, 15) is 9.59 Å². The third-order valence-electron chi connectivity index (χ3n) is 4.73. The van der Waals surface area contributed by atoms with Crippen molar-refractivity contribution in [3.05, 3.63) is 107 Å². The highest BCUT2D eigenvalue weighted by Gasteiger charge is 2.31. The molecule has 0 fully saturated rings. The Hall–Kier alpha value is -3.40. The van der Waals surface area contributed by atoms with Gasteiger partial charge < -0.3 is 11.1 Å². The van der Waals surface area contributed by atoms with Gasteiger partial charge in [0, 0.05) is 11.5 Å². The average molecular weight is 372 g/mol. The largest absolute Gasteiger partial charge is 0.368 e. The minimum Gasteiger partial charge on any atom is -0.368 e. The third kappa shape index (κ3) is 4.46. The normalized spacial score (nSPS) is 11.8. The van der Waals surface area contributed by atoms with Crippen LogP contribution in [0.4, 0.5) is 0 Å². The molecule has 0 aliphatic rings. The first-order valence-electron chi connectivity index (χ1n) is 9.24. The number of carbonyl (C=O) groups is 2. The van der Waals surface area contributed by atoms with Gasteiger partial charge in [-0.2, -0.15) is 0 Å². The summed E-state index contributed by atoms with van der Waals surface area (Å²) in [4.78, 5) is 25.3. The lowest BCUT2D eigenvalue weighted by Crippen LogP contribution is -2.48. The number of amides is 2. The first-order valence-corrected chi connectivity index (χ1v) is 9.24. The van der Waals surface area contributed by atoms with Crippen molar-refractivity contribution in [3.8, 4) is 0 Å². The van der Waals surface area contributed by atoms with Crippen LogP contribution in [0.25, 0.3) is 0 Å². The zero-order valence-electron chi connectivity index (χ0n) is 16.1. The van der Waals surface area contributed by atoms with E-state index >= 15 is 0 Å². The Morgan fingerprint density at radius 2 is 1.25 bits per heavy atom. The van der Waals surface area contributed by atoms with E-state index in [1.807, 2.05) is 80.6 Å². The minimum absolute atomic E-state index is 0.313. The first-order chi connectivity index (χ1) is 13.5. The highest BCUT2D eigenvalue weighted by atomic mass is 16.2. The second-order valence-corrected chi connectivity index (χ2v) is 7.03. The van der Waals surface area contributed by atoms with Gasteiger partial charge in [-0.15, -0.1) is 0 Å². The fraction of sp³-hybridized carbons (Fsp3) is 0.167. The number of primary amides is 1. The molecule has 3 rings (SSSR count). The molecule has 0 unspecified atom stereocenters. The van der Waals surface area contributed by atoms with Crippen LogP contribution in [-0.2, 0) is 4.79 Å². The van der Waals surface area contributed by atoms with Crippen LogP contribution < -0.4 is 11.1 Å². The van der Waals surface area contributed by atoms with Crippen molar-refractivity contribution in [1.29, 1.82) is 0 Å². The van der Waals surface area contributed by atoms with Gasteiger partial charge in [-0.1, -0.05) is 77.9 Å². The van der Waals surface area contributed by atoms with Crippen LogP contribution in [0.3, 0.4) is 0 Å². The monoisotopic (exact) mass is 372 g/mol. The summed E-state index contributed by atoms with van der Waals surface area (Å²) < 4.78 is 0. The second-order valence-electron chi connectivity index (χ2n) is 7.03. The summed E-state index contributed by atoms with van der Waals surface area (Å²) in [6.45, 7) is 3.87. The topological polar surface area (TPSA) is 72.2 Å². The Kier molecular flexibility index (Phi) is 5.90. The summed E-state index contributed by atoms with van der Waals surface area (Å²) >= 11 is 0. The molecule has 28 heavy (non-hydrogen) atoms. The lowest BCUT2D eigenvalue weighted by atomic mass is 9.84. The average Bonchev–Trinajstić information content (AvgIpc) is 2.68. The lowest BCUT2D eigenvalue weighted by Gasteiger charge is -2.27. The number of rotatable bonds is 6. The van der Waals surface area contributed by atoms with Crippen molar-refractivity contribution >= 4 is 11.8 Å². The van der Waals surface area contributed by atoms with Gasteiger partial charge in [-0.25, -0.2) is 0 Å². The molecule has 0 aliphatic carbocycles. The third-order valence-corrected chi connectivity index (χ3v) is 4.73. The van der Waals surface area contributed by atoms with E-state index < -0.39 is 11.9 Å². The van der Waals surface area contributed by atoms with Crippen LogP contribution in [-0.4, -0.2) is 17.9 Å². The van der Waals surface area contributed by atoms with Crippen LogP contribution in [0.1, 0.15) is 38.5 Å². The summed E-state index contributed by atoms with van der Waals surface area (Å²) in [7, 11) is 0. The quantitative estimate of drug-likeness (QED) is 0.692. The van der Waals surface area contributed by atoms with E-state index in [-0.39, 0.29) is 11.8 Å². The molecule has 3 N–H and O–H groups in total. The van der Waals surface area contributed by atoms with E-state index in [0.29, 0.717) is 5.56 Å². The van der Waals surface area contributed by atoms with Gasteiger partial charge in [0.25, 0.3) is 5.91 Å². The van der Waals surface area contributed by atoms with Crippen LogP contribution in [0.2, 0.25) is 0 Å². The number of carbonyl (C=O) groups excluding carboxylic acids is 2. The molecular weight excluding hydrogens is 348 g/mol. The van der Waals surface area contributed by atoms with Crippen LogP contribution >= 0.6 is 0 Å². The Morgan fingerprint density at radius 1 is 0.786 bits per heavy atom. The number of benzene rings is 3. The summed E-state index contributed by atoms with van der Waals surface area (Å²) in [5.74, 6) is -1.27. The molecule has 3 aromatic carbocycles. The highest BCUT2D eigenvalue weighted by Crippen LogP contribution is 2.28. The summed E-state index contributed by atoms with van der Waals surface area (Å²) in [5, 5.41) is 2.87. The molecule has 1 atom stereocenters. The van der Waals surface area contributed by atoms with Crippen LogP contribution in [0, 0.1) is 13.8 Å². The minimum atomic E-state index is -0.877. The molecule has 0 radical (unpaired) electrons. The van der Waals surface area contributed by atoms with Gasteiger partial charge in [-0.05, 0) is 37.1 Å². The molecule has 0 saturated carbocycles. The molecule has 3 aromatic rings. The lowest BCUT2D eigenvalue weighted by molar-refractivity contribution is -0.120. The molecule has 0 spiro atoms. The molecule has 4 nitrogen and oxygen atoms in total. The van der Waals surface area contributed by atoms with Gasteiger partial charge in [0.05, 0.1) is 0 Å². The molecule has 142 valence electrons. The fourth-order valence-corrected chi connectivity index (χ4v) is 3.55. The standard InChI is InChI=1S/C24H24N2O2/c1-16-13-17(2)15-20(14-16)24(28)26-22(23(25)27)21(18-9-5-3-6-10-18)19-11-7-4-8-12-19/h3-15,21-22H,1-2H3,(H2,25,27)(H,26,28)/t22-/m0/s1. The summed E-state index contributed by atoms with van der Waals surface area (Å²) in [6.07, 6.45) is 0. The van der Waals surface area contributed by atoms with E-state index in [0.717, 1.165) is 22.3 Å². The second kappa shape index (κ2) is 8.53. The predicted molar refractivity (Wildman–Crippen MR) is 111 cm³/mol. The van der Waals surface area contributed by atoms with Crippen molar-refractivity contribution in [1.82, 2.24) is 5.32 Å². The molecule has 0 aliphatic heterocycles.